The molecule has 0 bridgehead atoms. The van der Waals surface area contributed by atoms with Crippen LogP contribution in [-0.4, -0.2) is 41.1 Å². The SMILES string of the molecule is CN(C)CCn1cnc2sc3c(c2c1=O)CCC(NCc1cccc(F)c1F)C3. The van der Waals surface area contributed by atoms with Crippen molar-refractivity contribution in [3.63, 3.8) is 0 Å². The average molecular weight is 419 g/mol. The second kappa shape index (κ2) is 8.30. The quantitative estimate of drug-likeness (QED) is 0.669. The molecule has 1 atom stereocenters. The van der Waals surface area contributed by atoms with Gasteiger partial charge in [-0.15, -0.1) is 11.3 Å². The van der Waals surface area contributed by atoms with Crippen molar-refractivity contribution in [1.82, 2.24) is 19.8 Å². The van der Waals surface area contributed by atoms with E-state index >= 15 is 0 Å². The molecule has 8 heteroatoms. The number of likely N-dealkylation sites (N-methyl/N-ethyl adjacent to an activating group) is 1. The highest BCUT2D eigenvalue weighted by atomic mass is 32.1. The Morgan fingerprint density at radius 2 is 2.17 bits per heavy atom. The molecule has 2 aromatic heterocycles. The molecule has 1 aromatic carbocycles. The van der Waals surface area contributed by atoms with Crippen LogP contribution in [-0.2, 0) is 25.9 Å². The predicted molar refractivity (Wildman–Crippen MR) is 111 cm³/mol. The van der Waals surface area contributed by atoms with E-state index in [0.29, 0.717) is 12.1 Å². The number of rotatable bonds is 6. The van der Waals surface area contributed by atoms with Crippen molar-refractivity contribution < 1.29 is 8.78 Å². The van der Waals surface area contributed by atoms with Gasteiger partial charge in [0.05, 0.1) is 11.7 Å². The zero-order valence-corrected chi connectivity index (χ0v) is 17.4. The maximum absolute atomic E-state index is 13.9. The second-order valence-corrected chi connectivity index (χ2v) is 8.85. The summed E-state index contributed by atoms with van der Waals surface area (Å²) in [6.07, 6.45) is 4.04. The van der Waals surface area contributed by atoms with Gasteiger partial charge in [-0.2, -0.15) is 0 Å². The first-order chi connectivity index (χ1) is 13.9. The summed E-state index contributed by atoms with van der Waals surface area (Å²) in [5.74, 6) is -1.61. The van der Waals surface area contributed by atoms with Gasteiger partial charge in [0.15, 0.2) is 11.6 Å². The summed E-state index contributed by atoms with van der Waals surface area (Å²) in [5.41, 5.74) is 1.47. The van der Waals surface area contributed by atoms with Gasteiger partial charge >= 0.3 is 0 Å². The fourth-order valence-electron chi connectivity index (χ4n) is 3.78. The van der Waals surface area contributed by atoms with Crippen molar-refractivity contribution >= 4 is 21.6 Å². The highest BCUT2D eigenvalue weighted by molar-refractivity contribution is 7.18. The molecule has 2 heterocycles. The van der Waals surface area contributed by atoms with Crippen LogP contribution in [0.15, 0.2) is 29.3 Å². The van der Waals surface area contributed by atoms with E-state index in [2.05, 4.69) is 10.3 Å². The maximum atomic E-state index is 13.9. The van der Waals surface area contributed by atoms with Gasteiger partial charge < -0.3 is 10.2 Å². The highest BCUT2D eigenvalue weighted by Gasteiger charge is 2.25. The van der Waals surface area contributed by atoms with E-state index in [1.165, 1.54) is 10.9 Å². The number of thiophene rings is 1. The third-order valence-electron chi connectivity index (χ3n) is 5.44. The Balaban J connectivity index is 1.51. The number of nitrogens with one attached hydrogen (secondary N) is 1. The lowest BCUT2D eigenvalue weighted by Gasteiger charge is -2.23. The van der Waals surface area contributed by atoms with Gasteiger partial charge in [0.25, 0.3) is 5.56 Å². The number of nitrogens with zero attached hydrogens (tertiary/aromatic N) is 3. The molecule has 0 radical (unpaired) electrons. The van der Waals surface area contributed by atoms with Crippen LogP contribution in [0.5, 0.6) is 0 Å². The lowest BCUT2D eigenvalue weighted by atomic mass is 9.93. The van der Waals surface area contributed by atoms with Gasteiger partial charge in [-0.1, -0.05) is 12.1 Å². The molecule has 0 amide bonds. The van der Waals surface area contributed by atoms with E-state index in [4.69, 9.17) is 0 Å². The minimum absolute atomic E-state index is 0.0302. The molecule has 0 fully saturated rings. The van der Waals surface area contributed by atoms with Crippen molar-refractivity contribution in [2.24, 2.45) is 0 Å². The van der Waals surface area contributed by atoms with Gasteiger partial charge in [-0.25, -0.2) is 13.8 Å². The van der Waals surface area contributed by atoms with Gasteiger partial charge in [0.1, 0.15) is 4.83 Å². The average Bonchev–Trinajstić information content (AvgIpc) is 3.07. The van der Waals surface area contributed by atoms with Gasteiger partial charge in [0, 0.05) is 36.1 Å². The number of fused-ring (bicyclic) bond motifs is 3. The van der Waals surface area contributed by atoms with Gasteiger partial charge in [-0.05, 0) is 45.0 Å². The van der Waals surface area contributed by atoms with Crippen LogP contribution >= 0.6 is 11.3 Å². The van der Waals surface area contributed by atoms with Crippen molar-refractivity contribution in [3.8, 4) is 0 Å². The van der Waals surface area contributed by atoms with E-state index < -0.39 is 11.6 Å². The molecule has 1 aliphatic rings. The first kappa shape index (κ1) is 20.1. The Labute approximate surface area is 172 Å². The third-order valence-corrected chi connectivity index (χ3v) is 6.60. The van der Waals surface area contributed by atoms with Crippen LogP contribution < -0.4 is 10.9 Å². The fraction of sp³-hybridized carbons (Fsp3) is 0.429. The van der Waals surface area contributed by atoms with Crippen molar-refractivity contribution in [1.29, 1.82) is 0 Å². The van der Waals surface area contributed by atoms with Crippen molar-refractivity contribution in [2.75, 3.05) is 20.6 Å². The Bertz CT molecular complexity index is 1090. The Morgan fingerprint density at radius 3 is 2.97 bits per heavy atom. The Hall–Kier alpha value is -2.16. The molecule has 1 aliphatic carbocycles. The van der Waals surface area contributed by atoms with Crippen LogP contribution in [0.25, 0.3) is 10.2 Å². The molecule has 4 rings (SSSR count). The summed E-state index contributed by atoms with van der Waals surface area (Å²) in [7, 11) is 3.96. The molecule has 1 N–H and O–H groups in total. The third kappa shape index (κ3) is 4.10. The zero-order valence-electron chi connectivity index (χ0n) is 16.5. The highest BCUT2D eigenvalue weighted by Crippen LogP contribution is 2.33. The zero-order chi connectivity index (χ0) is 20.5. The minimum atomic E-state index is -0.823. The molecule has 29 heavy (non-hydrogen) atoms. The summed E-state index contributed by atoms with van der Waals surface area (Å²) in [4.78, 5) is 21.5. The van der Waals surface area contributed by atoms with Crippen LogP contribution in [0.3, 0.4) is 0 Å². The monoisotopic (exact) mass is 418 g/mol. The predicted octanol–water partition coefficient (Wildman–Crippen LogP) is 2.94. The van der Waals surface area contributed by atoms with Gasteiger partial charge in [0.2, 0.25) is 0 Å². The number of aryl methyl sites for hydroxylation is 1. The summed E-state index contributed by atoms with van der Waals surface area (Å²) < 4.78 is 28.9. The second-order valence-electron chi connectivity index (χ2n) is 7.76. The number of benzene rings is 1. The lowest BCUT2D eigenvalue weighted by Crippen LogP contribution is -2.34. The Kier molecular flexibility index (Phi) is 5.76. The van der Waals surface area contributed by atoms with E-state index in [-0.39, 0.29) is 18.1 Å². The molecule has 0 saturated carbocycles. The molecule has 154 valence electrons. The summed E-state index contributed by atoms with van der Waals surface area (Å²) in [6.45, 7) is 1.68. The molecule has 5 nitrogen and oxygen atoms in total. The number of hydrogen-bond donors (Lipinski definition) is 1. The molecule has 0 spiro atoms. The number of hydrogen-bond acceptors (Lipinski definition) is 5. The van der Waals surface area contributed by atoms with Crippen molar-refractivity contribution in [2.45, 2.75) is 38.4 Å². The van der Waals surface area contributed by atoms with Gasteiger partial charge in [-0.3, -0.25) is 9.36 Å². The van der Waals surface area contributed by atoms with Crippen LogP contribution in [0.1, 0.15) is 22.4 Å². The molecular weight excluding hydrogens is 394 g/mol. The lowest BCUT2D eigenvalue weighted by molar-refractivity contribution is 0.380. The topological polar surface area (TPSA) is 50.2 Å². The normalized spacial score (nSPS) is 16.5. The fourth-order valence-corrected chi connectivity index (χ4v) is 5.04. The molecule has 1 unspecified atom stereocenters. The first-order valence-corrected chi connectivity index (χ1v) is 10.6. The largest absolute Gasteiger partial charge is 0.309 e. The number of halogens is 2. The smallest absolute Gasteiger partial charge is 0.262 e. The minimum Gasteiger partial charge on any atom is -0.309 e. The molecule has 0 saturated heterocycles. The standard InChI is InChI=1S/C21H24F2N4OS/c1-26(2)8-9-27-12-25-20-18(21(27)28)15-7-6-14(10-17(15)29-20)24-11-13-4-3-5-16(22)19(13)23/h3-5,12,14,24H,6-11H2,1-2H3. The summed E-state index contributed by atoms with van der Waals surface area (Å²) in [5, 5.41) is 4.09. The first-order valence-electron chi connectivity index (χ1n) is 9.74. The maximum Gasteiger partial charge on any atom is 0.262 e. The van der Waals surface area contributed by atoms with Crippen molar-refractivity contribution in [3.05, 3.63) is 62.5 Å². The van der Waals surface area contributed by atoms with Crippen LogP contribution in [0.4, 0.5) is 8.78 Å². The summed E-state index contributed by atoms with van der Waals surface area (Å²) in [6, 6.07) is 4.41. The van der Waals surface area contributed by atoms with Crippen LogP contribution in [0.2, 0.25) is 0 Å². The number of aromatic nitrogens is 2. The molecule has 3 aromatic rings. The van der Waals surface area contributed by atoms with E-state index in [0.717, 1.165) is 47.7 Å². The Morgan fingerprint density at radius 1 is 1.34 bits per heavy atom. The van der Waals surface area contributed by atoms with Crippen LogP contribution in [0, 0.1) is 11.6 Å². The van der Waals surface area contributed by atoms with E-state index in [9.17, 15) is 13.6 Å². The molecule has 0 aliphatic heterocycles. The van der Waals surface area contributed by atoms with E-state index in [1.807, 2.05) is 19.0 Å². The van der Waals surface area contributed by atoms with E-state index in [1.54, 1.807) is 28.3 Å². The molecular formula is C21H24F2N4OS. The summed E-state index contributed by atoms with van der Waals surface area (Å²) >= 11 is 1.57.